The van der Waals surface area contributed by atoms with Crippen LogP contribution in [0, 0.1) is 0 Å². The molecule has 6 heteroatoms. The molecule has 1 spiro atoms. The van der Waals surface area contributed by atoms with Gasteiger partial charge in [0, 0.05) is 12.8 Å². The fourth-order valence-corrected chi connectivity index (χ4v) is 2.22. The molecule has 1 aliphatic heterocycles. The van der Waals surface area contributed by atoms with Crippen molar-refractivity contribution in [1.82, 2.24) is 10.2 Å². The minimum absolute atomic E-state index is 0.0521. The molecule has 0 atom stereocenters. The second kappa shape index (κ2) is 2.93. The highest BCUT2D eigenvalue weighted by Crippen LogP contribution is 2.39. The van der Waals surface area contributed by atoms with E-state index in [1.807, 2.05) is 0 Å². The van der Waals surface area contributed by atoms with Crippen molar-refractivity contribution in [3.05, 3.63) is 0 Å². The summed E-state index contributed by atoms with van der Waals surface area (Å²) in [6, 6.07) is 0. The third-order valence-corrected chi connectivity index (χ3v) is 3.71. The molecule has 1 aliphatic carbocycles. The van der Waals surface area contributed by atoms with Crippen molar-refractivity contribution < 1.29 is 13.2 Å². The van der Waals surface area contributed by atoms with Gasteiger partial charge in [-0.15, -0.1) is 0 Å². The van der Waals surface area contributed by atoms with Crippen LogP contribution in [0.3, 0.4) is 0 Å². The van der Waals surface area contributed by atoms with Gasteiger partial charge in [-0.3, -0.25) is 10.1 Å². The molecule has 5 nitrogen and oxygen atoms in total. The molecule has 1 N–H and O–H groups in total. The highest BCUT2D eigenvalue weighted by atomic mass is 32.2. The molecule has 0 unspecified atom stereocenters. The Labute approximate surface area is 83.4 Å². The summed E-state index contributed by atoms with van der Waals surface area (Å²) in [5, 5.41) is 3.12. The zero-order valence-corrected chi connectivity index (χ0v) is 8.93. The van der Waals surface area contributed by atoms with Crippen LogP contribution in [0.2, 0.25) is 0 Å². The van der Waals surface area contributed by atoms with Gasteiger partial charge < -0.3 is 4.90 Å². The van der Waals surface area contributed by atoms with E-state index in [1.165, 1.54) is 6.26 Å². The van der Waals surface area contributed by atoms with Crippen LogP contribution < -0.4 is 5.32 Å². The number of carbonyl (C=O) groups is 1. The molecule has 0 aromatic rings. The van der Waals surface area contributed by atoms with Gasteiger partial charge in [0.25, 0.3) is 0 Å². The Bertz CT molecular complexity index is 359. The van der Waals surface area contributed by atoms with Crippen LogP contribution in [0.25, 0.3) is 0 Å². The standard InChI is InChI=1S/C8H14N2O3S/c1-14(12,13)5-4-10-6-9-8(2-3-8)7(10)11/h9H,2-6H2,1H3. The van der Waals surface area contributed by atoms with Crippen molar-refractivity contribution in [2.45, 2.75) is 18.4 Å². The average Bonchev–Trinajstić information content (AvgIpc) is 2.76. The smallest absolute Gasteiger partial charge is 0.243 e. The Hall–Kier alpha value is -0.620. The first-order chi connectivity index (χ1) is 6.43. The molecule has 0 aromatic heterocycles. The number of amides is 1. The number of nitrogens with one attached hydrogen (secondary N) is 1. The molecular formula is C8H14N2O3S. The lowest BCUT2D eigenvalue weighted by atomic mass is 10.3. The fourth-order valence-electron chi connectivity index (χ4n) is 1.67. The van der Waals surface area contributed by atoms with Crippen LogP contribution in [0.15, 0.2) is 0 Å². The normalized spacial score (nSPS) is 24.6. The Balaban J connectivity index is 1.92. The first-order valence-electron chi connectivity index (χ1n) is 4.65. The lowest BCUT2D eigenvalue weighted by Crippen LogP contribution is -2.34. The van der Waals surface area contributed by atoms with Gasteiger partial charge in [0.1, 0.15) is 9.84 Å². The van der Waals surface area contributed by atoms with E-state index in [0.29, 0.717) is 13.2 Å². The summed E-state index contributed by atoms with van der Waals surface area (Å²) in [6.07, 6.45) is 2.97. The minimum Gasteiger partial charge on any atom is -0.327 e. The first kappa shape index (κ1) is 9.92. The van der Waals surface area contributed by atoms with Gasteiger partial charge in [0.05, 0.1) is 18.0 Å². The highest BCUT2D eigenvalue weighted by molar-refractivity contribution is 7.90. The van der Waals surface area contributed by atoms with Gasteiger partial charge >= 0.3 is 0 Å². The molecule has 0 radical (unpaired) electrons. The molecule has 0 bridgehead atoms. The Morgan fingerprint density at radius 3 is 2.57 bits per heavy atom. The lowest BCUT2D eigenvalue weighted by molar-refractivity contribution is -0.129. The number of hydrogen-bond donors (Lipinski definition) is 1. The number of hydrogen-bond acceptors (Lipinski definition) is 4. The molecular weight excluding hydrogens is 204 g/mol. The fraction of sp³-hybridized carbons (Fsp3) is 0.875. The van der Waals surface area contributed by atoms with Crippen molar-refractivity contribution >= 4 is 15.7 Å². The van der Waals surface area contributed by atoms with Crippen molar-refractivity contribution in [1.29, 1.82) is 0 Å². The Morgan fingerprint density at radius 1 is 1.50 bits per heavy atom. The van der Waals surface area contributed by atoms with Crippen LogP contribution in [-0.2, 0) is 14.6 Å². The summed E-state index contributed by atoms with van der Waals surface area (Å²) in [5.74, 6) is 0.123. The van der Waals surface area contributed by atoms with E-state index >= 15 is 0 Å². The van der Waals surface area contributed by atoms with E-state index in [2.05, 4.69) is 5.32 Å². The SMILES string of the molecule is CS(=O)(=O)CCN1CNC2(CC2)C1=O. The maximum Gasteiger partial charge on any atom is 0.243 e. The largest absolute Gasteiger partial charge is 0.327 e. The predicted octanol–water partition coefficient (Wildman–Crippen LogP) is -1.05. The van der Waals surface area contributed by atoms with Crippen molar-refractivity contribution in [2.75, 3.05) is 25.2 Å². The summed E-state index contributed by atoms with van der Waals surface area (Å²) in [4.78, 5) is 13.3. The summed E-state index contributed by atoms with van der Waals surface area (Å²) >= 11 is 0. The van der Waals surface area contributed by atoms with Crippen LogP contribution in [-0.4, -0.2) is 50.0 Å². The quantitative estimate of drug-likeness (QED) is 0.656. The average molecular weight is 218 g/mol. The lowest BCUT2D eigenvalue weighted by Gasteiger charge is -2.13. The van der Waals surface area contributed by atoms with Crippen molar-refractivity contribution in [3.8, 4) is 0 Å². The number of nitrogens with zero attached hydrogens (tertiary/aromatic N) is 1. The van der Waals surface area contributed by atoms with E-state index in [0.717, 1.165) is 12.8 Å². The van der Waals surface area contributed by atoms with Crippen LogP contribution in [0.4, 0.5) is 0 Å². The number of sulfone groups is 1. The molecule has 2 aliphatic rings. The first-order valence-corrected chi connectivity index (χ1v) is 6.71. The maximum atomic E-state index is 11.7. The van der Waals surface area contributed by atoms with Gasteiger partial charge in [0.15, 0.2) is 0 Å². The van der Waals surface area contributed by atoms with Crippen molar-refractivity contribution in [2.24, 2.45) is 0 Å². The van der Waals surface area contributed by atoms with E-state index < -0.39 is 9.84 Å². The molecule has 80 valence electrons. The van der Waals surface area contributed by atoms with E-state index in [-0.39, 0.29) is 17.2 Å². The van der Waals surface area contributed by atoms with E-state index in [1.54, 1.807) is 4.90 Å². The molecule has 14 heavy (non-hydrogen) atoms. The molecule has 0 aromatic carbocycles. The summed E-state index contributed by atoms with van der Waals surface area (Å²) in [5.41, 5.74) is -0.308. The molecule has 2 rings (SSSR count). The van der Waals surface area contributed by atoms with Gasteiger partial charge in [0.2, 0.25) is 5.91 Å². The third-order valence-electron chi connectivity index (χ3n) is 2.79. The van der Waals surface area contributed by atoms with Crippen LogP contribution in [0.1, 0.15) is 12.8 Å². The molecule has 1 amide bonds. The van der Waals surface area contributed by atoms with E-state index in [4.69, 9.17) is 0 Å². The second-order valence-corrected chi connectivity index (χ2v) is 6.38. The van der Waals surface area contributed by atoms with Crippen LogP contribution >= 0.6 is 0 Å². The Morgan fingerprint density at radius 2 is 2.14 bits per heavy atom. The summed E-state index contributed by atoms with van der Waals surface area (Å²) < 4.78 is 21.8. The number of carbonyl (C=O) groups excluding carboxylic acids is 1. The van der Waals surface area contributed by atoms with Gasteiger partial charge in [-0.05, 0) is 12.8 Å². The zero-order chi connectivity index (χ0) is 10.4. The monoisotopic (exact) mass is 218 g/mol. The van der Waals surface area contributed by atoms with Crippen molar-refractivity contribution in [3.63, 3.8) is 0 Å². The third kappa shape index (κ3) is 1.76. The molecule has 1 saturated heterocycles. The van der Waals surface area contributed by atoms with Gasteiger partial charge in [-0.1, -0.05) is 0 Å². The Kier molecular flexibility index (Phi) is 2.08. The summed E-state index contributed by atoms with van der Waals surface area (Å²) in [7, 11) is -2.97. The van der Waals surface area contributed by atoms with Gasteiger partial charge in [-0.25, -0.2) is 8.42 Å². The zero-order valence-electron chi connectivity index (χ0n) is 8.12. The second-order valence-electron chi connectivity index (χ2n) is 4.12. The maximum absolute atomic E-state index is 11.7. The minimum atomic E-state index is -2.97. The van der Waals surface area contributed by atoms with Gasteiger partial charge in [-0.2, -0.15) is 0 Å². The highest BCUT2D eigenvalue weighted by Gasteiger charge is 2.55. The van der Waals surface area contributed by atoms with E-state index in [9.17, 15) is 13.2 Å². The topological polar surface area (TPSA) is 66.5 Å². The molecule has 1 heterocycles. The van der Waals surface area contributed by atoms with Crippen LogP contribution in [0.5, 0.6) is 0 Å². The number of rotatable bonds is 3. The predicted molar refractivity (Wildman–Crippen MR) is 51.4 cm³/mol. The summed E-state index contributed by atoms with van der Waals surface area (Å²) in [6.45, 7) is 0.806. The molecule has 1 saturated carbocycles. The molecule has 2 fully saturated rings.